The Kier molecular flexibility index (Phi) is 4.43. The Labute approximate surface area is 99.6 Å². The van der Waals surface area contributed by atoms with E-state index in [2.05, 4.69) is 5.32 Å². The van der Waals surface area contributed by atoms with Crippen LogP contribution in [-0.2, 0) is 4.79 Å². The molecule has 0 saturated heterocycles. The number of carbonyl (C=O) groups excluding carboxylic acids is 1. The molecule has 0 radical (unpaired) electrons. The van der Waals surface area contributed by atoms with Crippen LogP contribution in [0.5, 0.6) is 0 Å². The number of benzene rings is 1. The van der Waals surface area contributed by atoms with Crippen molar-refractivity contribution in [1.82, 2.24) is 0 Å². The quantitative estimate of drug-likeness (QED) is 0.858. The standard InChI is InChI=1S/C11H13Cl2NO/c1-7(2)6-10(15)14-9-5-3-4-8(12)11(9)13/h3-5,7H,6H2,1-2H3,(H,14,15). The molecule has 0 spiro atoms. The van der Waals surface area contributed by atoms with Crippen LogP contribution in [0.3, 0.4) is 0 Å². The van der Waals surface area contributed by atoms with Crippen molar-refractivity contribution in [3.8, 4) is 0 Å². The van der Waals surface area contributed by atoms with Gasteiger partial charge >= 0.3 is 0 Å². The van der Waals surface area contributed by atoms with Gasteiger partial charge in [-0.3, -0.25) is 4.79 Å². The summed E-state index contributed by atoms with van der Waals surface area (Å²) in [6.07, 6.45) is 0.475. The number of hydrogen-bond acceptors (Lipinski definition) is 1. The summed E-state index contributed by atoms with van der Waals surface area (Å²) >= 11 is 11.7. The summed E-state index contributed by atoms with van der Waals surface area (Å²) in [6.45, 7) is 3.97. The molecule has 1 amide bonds. The number of carbonyl (C=O) groups is 1. The van der Waals surface area contributed by atoms with Gasteiger partial charge in [-0.15, -0.1) is 0 Å². The zero-order valence-corrected chi connectivity index (χ0v) is 10.2. The highest BCUT2D eigenvalue weighted by molar-refractivity contribution is 6.43. The van der Waals surface area contributed by atoms with Gasteiger partial charge in [0, 0.05) is 6.42 Å². The highest BCUT2D eigenvalue weighted by Crippen LogP contribution is 2.29. The second-order valence-electron chi connectivity index (χ2n) is 3.75. The number of halogens is 2. The van der Waals surface area contributed by atoms with Crippen LogP contribution in [0.2, 0.25) is 10.0 Å². The van der Waals surface area contributed by atoms with Gasteiger partial charge in [-0.25, -0.2) is 0 Å². The van der Waals surface area contributed by atoms with Crippen molar-refractivity contribution in [3.05, 3.63) is 28.2 Å². The Morgan fingerprint density at radius 3 is 2.67 bits per heavy atom. The molecule has 0 unspecified atom stereocenters. The predicted octanol–water partition coefficient (Wildman–Crippen LogP) is 3.98. The summed E-state index contributed by atoms with van der Waals surface area (Å²) in [5, 5.41) is 3.56. The Hall–Kier alpha value is -0.730. The van der Waals surface area contributed by atoms with Gasteiger partial charge in [0.25, 0.3) is 0 Å². The molecular formula is C11H13Cl2NO. The van der Waals surface area contributed by atoms with Crippen LogP contribution < -0.4 is 5.32 Å². The topological polar surface area (TPSA) is 29.1 Å². The van der Waals surface area contributed by atoms with Gasteiger partial charge in [-0.2, -0.15) is 0 Å². The highest BCUT2D eigenvalue weighted by atomic mass is 35.5. The molecule has 0 bridgehead atoms. The van der Waals surface area contributed by atoms with Crippen LogP contribution in [0.1, 0.15) is 20.3 Å². The third-order valence-corrected chi connectivity index (χ3v) is 2.64. The maximum atomic E-state index is 11.5. The number of rotatable bonds is 3. The molecule has 15 heavy (non-hydrogen) atoms. The maximum Gasteiger partial charge on any atom is 0.224 e. The first-order valence-electron chi connectivity index (χ1n) is 4.74. The molecule has 0 saturated carbocycles. The number of anilines is 1. The summed E-state index contributed by atoms with van der Waals surface area (Å²) in [4.78, 5) is 11.5. The number of nitrogens with one attached hydrogen (secondary N) is 1. The zero-order chi connectivity index (χ0) is 11.4. The van der Waals surface area contributed by atoms with E-state index in [1.165, 1.54) is 0 Å². The van der Waals surface area contributed by atoms with Crippen molar-refractivity contribution in [2.75, 3.05) is 5.32 Å². The van der Waals surface area contributed by atoms with Gasteiger partial charge in [-0.1, -0.05) is 43.1 Å². The molecule has 1 rings (SSSR count). The van der Waals surface area contributed by atoms with Gasteiger partial charge in [0.1, 0.15) is 0 Å². The lowest BCUT2D eigenvalue weighted by atomic mass is 10.1. The lowest BCUT2D eigenvalue weighted by Crippen LogP contribution is -2.14. The highest BCUT2D eigenvalue weighted by Gasteiger charge is 2.09. The van der Waals surface area contributed by atoms with Crippen molar-refractivity contribution in [2.24, 2.45) is 5.92 Å². The van der Waals surface area contributed by atoms with Crippen LogP contribution in [0.25, 0.3) is 0 Å². The van der Waals surface area contributed by atoms with Crippen LogP contribution in [0.4, 0.5) is 5.69 Å². The van der Waals surface area contributed by atoms with E-state index in [-0.39, 0.29) is 5.91 Å². The van der Waals surface area contributed by atoms with Crippen molar-refractivity contribution < 1.29 is 4.79 Å². The average molecular weight is 246 g/mol. The normalized spacial score (nSPS) is 10.5. The molecular weight excluding hydrogens is 233 g/mol. The molecule has 82 valence electrons. The lowest BCUT2D eigenvalue weighted by molar-refractivity contribution is -0.116. The summed E-state index contributed by atoms with van der Waals surface area (Å²) in [7, 11) is 0. The molecule has 0 fully saturated rings. The predicted molar refractivity (Wildman–Crippen MR) is 64.5 cm³/mol. The molecule has 1 aromatic carbocycles. The monoisotopic (exact) mass is 245 g/mol. The first-order valence-corrected chi connectivity index (χ1v) is 5.50. The largest absolute Gasteiger partial charge is 0.325 e. The Morgan fingerprint density at radius 2 is 2.07 bits per heavy atom. The second kappa shape index (κ2) is 5.38. The second-order valence-corrected chi connectivity index (χ2v) is 4.53. The van der Waals surface area contributed by atoms with E-state index in [4.69, 9.17) is 23.2 Å². The number of hydrogen-bond donors (Lipinski definition) is 1. The minimum atomic E-state index is -0.0471. The Morgan fingerprint density at radius 1 is 1.40 bits per heavy atom. The van der Waals surface area contributed by atoms with E-state index in [1.54, 1.807) is 18.2 Å². The van der Waals surface area contributed by atoms with E-state index in [9.17, 15) is 4.79 Å². The Bertz CT molecular complexity index is 364. The molecule has 0 atom stereocenters. The van der Waals surface area contributed by atoms with E-state index in [0.29, 0.717) is 28.1 Å². The van der Waals surface area contributed by atoms with Crippen molar-refractivity contribution in [2.45, 2.75) is 20.3 Å². The Balaban J connectivity index is 2.73. The molecule has 0 heterocycles. The fourth-order valence-electron chi connectivity index (χ4n) is 1.17. The molecule has 0 aliphatic heterocycles. The van der Waals surface area contributed by atoms with Crippen LogP contribution in [0.15, 0.2) is 18.2 Å². The van der Waals surface area contributed by atoms with Gasteiger partial charge in [0.05, 0.1) is 15.7 Å². The average Bonchev–Trinajstić information content (AvgIpc) is 2.11. The minimum Gasteiger partial charge on any atom is -0.325 e. The van der Waals surface area contributed by atoms with Crippen molar-refractivity contribution in [3.63, 3.8) is 0 Å². The molecule has 0 aliphatic carbocycles. The third kappa shape index (κ3) is 3.73. The van der Waals surface area contributed by atoms with Gasteiger partial charge in [-0.05, 0) is 18.1 Å². The summed E-state index contributed by atoms with van der Waals surface area (Å²) in [5.41, 5.74) is 0.565. The van der Waals surface area contributed by atoms with E-state index >= 15 is 0 Å². The molecule has 0 aromatic heterocycles. The van der Waals surface area contributed by atoms with E-state index in [0.717, 1.165) is 0 Å². The molecule has 1 N–H and O–H groups in total. The van der Waals surface area contributed by atoms with Crippen molar-refractivity contribution >= 4 is 34.8 Å². The lowest BCUT2D eigenvalue weighted by Gasteiger charge is -2.09. The SMILES string of the molecule is CC(C)CC(=O)Nc1cccc(Cl)c1Cl. The fraction of sp³-hybridized carbons (Fsp3) is 0.364. The zero-order valence-electron chi connectivity index (χ0n) is 8.68. The third-order valence-electron chi connectivity index (χ3n) is 1.82. The van der Waals surface area contributed by atoms with Gasteiger partial charge < -0.3 is 5.32 Å². The van der Waals surface area contributed by atoms with Crippen LogP contribution >= 0.6 is 23.2 Å². The molecule has 1 aromatic rings. The van der Waals surface area contributed by atoms with Gasteiger partial charge in [0.15, 0.2) is 0 Å². The van der Waals surface area contributed by atoms with Crippen LogP contribution in [0, 0.1) is 5.92 Å². The maximum absolute atomic E-state index is 11.5. The summed E-state index contributed by atoms with van der Waals surface area (Å²) < 4.78 is 0. The smallest absolute Gasteiger partial charge is 0.224 e. The van der Waals surface area contributed by atoms with Crippen LogP contribution in [-0.4, -0.2) is 5.91 Å². The first-order chi connectivity index (χ1) is 7.00. The summed E-state index contributed by atoms with van der Waals surface area (Å²) in [6, 6.07) is 5.16. The minimum absolute atomic E-state index is 0.0471. The van der Waals surface area contributed by atoms with Gasteiger partial charge in [0.2, 0.25) is 5.91 Å². The van der Waals surface area contributed by atoms with E-state index < -0.39 is 0 Å². The van der Waals surface area contributed by atoms with E-state index in [1.807, 2.05) is 13.8 Å². The molecule has 2 nitrogen and oxygen atoms in total. The fourth-order valence-corrected chi connectivity index (χ4v) is 1.52. The molecule has 4 heteroatoms. The summed E-state index contributed by atoms with van der Waals surface area (Å²) in [5.74, 6) is 0.275. The first kappa shape index (κ1) is 12.3. The number of amides is 1. The molecule has 0 aliphatic rings. The van der Waals surface area contributed by atoms with Crippen molar-refractivity contribution in [1.29, 1.82) is 0 Å².